The summed E-state index contributed by atoms with van der Waals surface area (Å²) in [5.41, 5.74) is 5.79. The van der Waals surface area contributed by atoms with E-state index < -0.39 is 0 Å². The van der Waals surface area contributed by atoms with Gasteiger partial charge in [0.15, 0.2) is 0 Å². The molecule has 0 radical (unpaired) electrons. The Balaban J connectivity index is 1.71. The molecule has 0 spiro atoms. The van der Waals surface area contributed by atoms with Gasteiger partial charge in [-0.3, -0.25) is 10.2 Å². The summed E-state index contributed by atoms with van der Waals surface area (Å²) in [5, 5.41) is 4.19. The fraction of sp³-hybridized carbons (Fsp3) is 0. The van der Waals surface area contributed by atoms with Crippen molar-refractivity contribution in [3.8, 4) is 5.69 Å². The van der Waals surface area contributed by atoms with E-state index >= 15 is 0 Å². The second-order valence-electron chi connectivity index (χ2n) is 5.01. The molecular weight excluding hydrogens is 290 g/mol. The lowest BCUT2D eigenvalue weighted by Gasteiger charge is -2.11. The maximum Gasteiger partial charge on any atom is 0.272 e. The van der Waals surface area contributed by atoms with E-state index in [4.69, 9.17) is 0 Å². The first kappa shape index (κ1) is 13.3. The summed E-state index contributed by atoms with van der Waals surface area (Å²) >= 11 is 0. The molecule has 0 aliphatic heterocycles. The van der Waals surface area contributed by atoms with Gasteiger partial charge in [0, 0.05) is 12.4 Å². The third kappa shape index (κ3) is 2.36. The summed E-state index contributed by atoms with van der Waals surface area (Å²) in [5.74, 6) is -0.223. The Hall–Kier alpha value is -3.41. The third-order valence-corrected chi connectivity index (χ3v) is 3.58. The van der Waals surface area contributed by atoms with Crippen LogP contribution in [0.15, 0.2) is 73.3 Å². The number of carbonyl (C=O) groups excluding carboxylic acids is 1. The van der Waals surface area contributed by atoms with Crippen molar-refractivity contribution in [3.05, 3.63) is 78.9 Å². The first-order chi connectivity index (χ1) is 11.3. The third-order valence-electron chi connectivity index (χ3n) is 3.58. The fourth-order valence-electron chi connectivity index (χ4n) is 2.49. The SMILES string of the molecule is O=C(Nn1cnc2ccccc21)c1ccccc1-n1cccn1. The summed E-state index contributed by atoms with van der Waals surface area (Å²) in [4.78, 5) is 16.9. The van der Waals surface area contributed by atoms with Crippen molar-refractivity contribution in [3.63, 3.8) is 0 Å². The largest absolute Gasteiger partial charge is 0.272 e. The van der Waals surface area contributed by atoms with Gasteiger partial charge in [0.1, 0.15) is 6.33 Å². The summed E-state index contributed by atoms with van der Waals surface area (Å²) < 4.78 is 3.29. The van der Waals surface area contributed by atoms with Gasteiger partial charge in [0.05, 0.1) is 22.3 Å². The van der Waals surface area contributed by atoms with E-state index in [0.717, 1.165) is 16.7 Å². The normalized spacial score (nSPS) is 10.8. The van der Waals surface area contributed by atoms with Gasteiger partial charge in [-0.25, -0.2) is 14.3 Å². The summed E-state index contributed by atoms with van der Waals surface area (Å²) in [6.07, 6.45) is 5.08. The van der Waals surface area contributed by atoms with Crippen LogP contribution in [-0.2, 0) is 0 Å². The van der Waals surface area contributed by atoms with Crippen LogP contribution in [0, 0.1) is 0 Å². The highest BCUT2D eigenvalue weighted by atomic mass is 16.2. The van der Waals surface area contributed by atoms with E-state index in [1.165, 1.54) is 0 Å². The highest BCUT2D eigenvalue weighted by molar-refractivity contribution is 6.03. The second-order valence-corrected chi connectivity index (χ2v) is 5.01. The number of benzene rings is 2. The lowest BCUT2D eigenvalue weighted by molar-refractivity contribution is 0.101. The smallest absolute Gasteiger partial charge is 0.267 e. The second kappa shape index (κ2) is 5.42. The summed E-state index contributed by atoms with van der Waals surface area (Å²) in [6.45, 7) is 0. The van der Waals surface area contributed by atoms with Gasteiger partial charge in [-0.1, -0.05) is 24.3 Å². The number of nitrogens with one attached hydrogen (secondary N) is 1. The van der Waals surface area contributed by atoms with Crippen molar-refractivity contribution in [1.82, 2.24) is 19.4 Å². The number of nitrogens with zero attached hydrogens (tertiary/aromatic N) is 4. The molecule has 0 saturated heterocycles. The average Bonchev–Trinajstić information content (AvgIpc) is 3.25. The van der Waals surface area contributed by atoms with Gasteiger partial charge in [-0.05, 0) is 30.3 Å². The summed E-state index contributed by atoms with van der Waals surface area (Å²) in [7, 11) is 0. The maximum absolute atomic E-state index is 12.7. The van der Waals surface area contributed by atoms with Crippen LogP contribution in [0.3, 0.4) is 0 Å². The van der Waals surface area contributed by atoms with E-state index in [-0.39, 0.29) is 5.91 Å². The van der Waals surface area contributed by atoms with Gasteiger partial charge < -0.3 is 0 Å². The molecule has 0 saturated carbocycles. The highest BCUT2D eigenvalue weighted by Gasteiger charge is 2.13. The first-order valence-electron chi connectivity index (χ1n) is 7.15. The molecule has 2 aromatic heterocycles. The van der Waals surface area contributed by atoms with Gasteiger partial charge >= 0.3 is 0 Å². The molecule has 6 heteroatoms. The quantitative estimate of drug-likeness (QED) is 0.632. The average molecular weight is 303 g/mol. The molecule has 0 unspecified atom stereocenters. The minimum absolute atomic E-state index is 0.223. The topological polar surface area (TPSA) is 64.7 Å². The zero-order chi connectivity index (χ0) is 15.6. The van der Waals surface area contributed by atoms with Crippen molar-refractivity contribution < 1.29 is 4.79 Å². The number of rotatable bonds is 3. The standard InChI is InChI=1S/C17H13N5O/c23-17(20-22-12-18-14-7-2-4-9-16(14)22)13-6-1-3-8-15(13)21-11-5-10-19-21/h1-12H,(H,20,23). The molecule has 0 aliphatic rings. The van der Waals surface area contributed by atoms with E-state index in [1.807, 2.05) is 48.5 Å². The fourth-order valence-corrected chi connectivity index (χ4v) is 2.49. The Morgan fingerprint density at radius 2 is 1.83 bits per heavy atom. The van der Waals surface area contributed by atoms with Gasteiger partial charge in [-0.15, -0.1) is 0 Å². The van der Waals surface area contributed by atoms with Crippen molar-refractivity contribution in [2.24, 2.45) is 0 Å². The predicted molar refractivity (Wildman–Crippen MR) is 87.0 cm³/mol. The minimum atomic E-state index is -0.223. The molecule has 4 aromatic rings. The molecule has 112 valence electrons. The Morgan fingerprint density at radius 1 is 1.00 bits per heavy atom. The van der Waals surface area contributed by atoms with Crippen LogP contribution in [0.5, 0.6) is 0 Å². The predicted octanol–water partition coefficient (Wildman–Crippen LogP) is 2.61. The van der Waals surface area contributed by atoms with Crippen LogP contribution in [0.4, 0.5) is 0 Å². The van der Waals surface area contributed by atoms with E-state index in [2.05, 4.69) is 15.5 Å². The Bertz CT molecular complexity index is 972. The number of hydrogen-bond donors (Lipinski definition) is 1. The number of hydrogen-bond acceptors (Lipinski definition) is 3. The lowest BCUT2D eigenvalue weighted by Crippen LogP contribution is -2.23. The van der Waals surface area contributed by atoms with Crippen LogP contribution < -0.4 is 5.43 Å². The van der Waals surface area contributed by atoms with Crippen LogP contribution in [0.1, 0.15) is 10.4 Å². The number of aromatic nitrogens is 4. The minimum Gasteiger partial charge on any atom is -0.267 e. The summed E-state index contributed by atoms with van der Waals surface area (Å²) in [6, 6.07) is 16.8. The van der Waals surface area contributed by atoms with Crippen LogP contribution >= 0.6 is 0 Å². The molecule has 1 N–H and O–H groups in total. The van der Waals surface area contributed by atoms with Crippen LogP contribution in [0.25, 0.3) is 16.7 Å². The van der Waals surface area contributed by atoms with E-state index in [0.29, 0.717) is 5.56 Å². The number of imidazole rings is 1. The number of carbonyl (C=O) groups is 1. The molecule has 6 nitrogen and oxygen atoms in total. The molecule has 2 heterocycles. The number of para-hydroxylation sites is 3. The van der Waals surface area contributed by atoms with Crippen molar-refractivity contribution in [1.29, 1.82) is 0 Å². The van der Waals surface area contributed by atoms with Crippen molar-refractivity contribution in [2.75, 3.05) is 5.43 Å². The van der Waals surface area contributed by atoms with Crippen molar-refractivity contribution >= 4 is 16.9 Å². The molecular formula is C17H13N5O. The molecule has 0 fully saturated rings. The zero-order valence-corrected chi connectivity index (χ0v) is 12.1. The molecule has 0 bridgehead atoms. The molecule has 0 aliphatic carbocycles. The van der Waals surface area contributed by atoms with Gasteiger partial charge in [-0.2, -0.15) is 5.10 Å². The molecule has 0 atom stereocenters. The molecule has 1 amide bonds. The van der Waals surface area contributed by atoms with E-state index in [1.54, 1.807) is 34.1 Å². The lowest BCUT2D eigenvalue weighted by atomic mass is 10.1. The van der Waals surface area contributed by atoms with Gasteiger partial charge in [0.2, 0.25) is 0 Å². The number of amides is 1. The Labute approximate surface area is 132 Å². The van der Waals surface area contributed by atoms with Crippen molar-refractivity contribution in [2.45, 2.75) is 0 Å². The monoisotopic (exact) mass is 303 g/mol. The Kier molecular flexibility index (Phi) is 3.12. The maximum atomic E-state index is 12.7. The highest BCUT2D eigenvalue weighted by Crippen LogP contribution is 2.15. The van der Waals surface area contributed by atoms with E-state index in [9.17, 15) is 4.79 Å². The molecule has 2 aromatic carbocycles. The molecule has 4 rings (SSSR count). The van der Waals surface area contributed by atoms with Crippen LogP contribution in [-0.4, -0.2) is 25.3 Å². The van der Waals surface area contributed by atoms with Gasteiger partial charge in [0.25, 0.3) is 5.91 Å². The van der Waals surface area contributed by atoms with Crippen LogP contribution in [0.2, 0.25) is 0 Å². The number of fused-ring (bicyclic) bond motifs is 1. The molecule has 23 heavy (non-hydrogen) atoms. The first-order valence-corrected chi connectivity index (χ1v) is 7.15. The zero-order valence-electron chi connectivity index (χ0n) is 12.1. The Morgan fingerprint density at radius 3 is 2.70 bits per heavy atom.